The van der Waals surface area contributed by atoms with Crippen LogP contribution in [0.1, 0.15) is 5.56 Å². The van der Waals surface area contributed by atoms with Crippen LogP contribution >= 0.6 is 11.3 Å². The molecule has 0 N–H and O–H groups in total. The number of hydrogen-bond acceptors (Lipinski definition) is 8. The predicted molar refractivity (Wildman–Crippen MR) is 144 cm³/mol. The van der Waals surface area contributed by atoms with E-state index < -0.39 is 4.92 Å². The molecule has 0 aliphatic carbocycles. The largest absolute Gasteiger partial charge is 0.497 e. The smallest absolute Gasteiger partial charge is 0.291 e. The van der Waals surface area contributed by atoms with Gasteiger partial charge in [-0.2, -0.15) is 14.6 Å². The van der Waals surface area contributed by atoms with E-state index in [2.05, 4.69) is 10.1 Å². The van der Waals surface area contributed by atoms with E-state index in [1.165, 1.54) is 28.0 Å². The lowest BCUT2D eigenvalue weighted by Crippen LogP contribution is -2.23. The molecule has 6 rings (SSSR count). The summed E-state index contributed by atoms with van der Waals surface area (Å²) in [6, 6.07) is 23.0. The molecule has 0 unspecified atom stereocenters. The van der Waals surface area contributed by atoms with Gasteiger partial charge < -0.3 is 4.74 Å². The summed E-state index contributed by atoms with van der Waals surface area (Å²) in [4.78, 5) is 28.9. The SMILES string of the molecule is COc1ccc(-c2nc3sc(=Cc4cn(-c5ccccc5)nc4-c4ccc([N+](=O)[O-])cc4)c(=O)n3n2)cc1. The molecule has 3 aromatic carbocycles. The third-order valence-electron chi connectivity index (χ3n) is 5.93. The third kappa shape index (κ3) is 4.20. The first-order chi connectivity index (χ1) is 18.5. The molecule has 38 heavy (non-hydrogen) atoms. The van der Waals surface area contributed by atoms with Crippen molar-refractivity contribution in [1.29, 1.82) is 0 Å². The molecule has 0 aliphatic heterocycles. The maximum Gasteiger partial charge on any atom is 0.291 e. The minimum atomic E-state index is -0.447. The molecule has 0 aliphatic rings. The van der Waals surface area contributed by atoms with E-state index in [1.54, 1.807) is 30.0 Å². The van der Waals surface area contributed by atoms with E-state index in [-0.39, 0.29) is 11.2 Å². The highest BCUT2D eigenvalue weighted by molar-refractivity contribution is 7.15. The van der Waals surface area contributed by atoms with Crippen LogP contribution < -0.4 is 14.8 Å². The zero-order valence-electron chi connectivity index (χ0n) is 19.9. The van der Waals surface area contributed by atoms with Crippen molar-refractivity contribution in [1.82, 2.24) is 24.4 Å². The van der Waals surface area contributed by atoms with Crippen LogP contribution in [0.15, 0.2) is 89.9 Å². The zero-order chi connectivity index (χ0) is 26.2. The van der Waals surface area contributed by atoms with Gasteiger partial charge in [0.1, 0.15) is 11.4 Å². The Kier molecular flexibility index (Phi) is 5.74. The normalized spacial score (nSPS) is 11.8. The minimum absolute atomic E-state index is 0.0122. The standard InChI is InChI=1S/C27H18N6O4S/c1-37-22-13-9-18(10-14-22)25-28-27-32(30-25)26(34)23(38-27)15-19-16-31(20-5-3-2-4-6-20)29-24(19)17-7-11-21(12-8-17)33(35)36/h2-16H,1H3. The van der Waals surface area contributed by atoms with Crippen molar-refractivity contribution >= 4 is 28.1 Å². The highest BCUT2D eigenvalue weighted by Crippen LogP contribution is 2.27. The molecule has 0 amide bonds. The van der Waals surface area contributed by atoms with Crippen LogP contribution in [0.5, 0.6) is 5.75 Å². The number of non-ortho nitro benzene ring substituents is 1. The van der Waals surface area contributed by atoms with Gasteiger partial charge in [0.15, 0.2) is 5.82 Å². The molecule has 10 nitrogen and oxygen atoms in total. The van der Waals surface area contributed by atoms with Gasteiger partial charge in [0.05, 0.1) is 22.3 Å². The summed E-state index contributed by atoms with van der Waals surface area (Å²) in [7, 11) is 1.60. The average Bonchev–Trinajstić information content (AvgIpc) is 3.64. The second-order valence-electron chi connectivity index (χ2n) is 8.29. The van der Waals surface area contributed by atoms with Gasteiger partial charge in [-0.05, 0) is 54.6 Å². The number of thiazole rings is 1. The molecule has 6 aromatic rings. The predicted octanol–water partition coefficient (Wildman–Crippen LogP) is 4.14. The first-order valence-electron chi connectivity index (χ1n) is 11.5. The van der Waals surface area contributed by atoms with Crippen LogP contribution in [0.2, 0.25) is 0 Å². The van der Waals surface area contributed by atoms with Crippen molar-refractivity contribution in [2.45, 2.75) is 0 Å². The number of hydrogen-bond donors (Lipinski definition) is 0. The first-order valence-corrected chi connectivity index (χ1v) is 12.3. The maximum absolute atomic E-state index is 13.2. The lowest BCUT2D eigenvalue weighted by molar-refractivity contribution is -0.384. The fourth-order valence-electron chi connectivity index (χ4n) is 4.01. The maximum atomic E-state index is 13.2. The van der Waals surface area contributed by atoms with E-state index in [0.29, 0.717) is 32.1 Å². The molecule has 0 saturated heterocycles. The highest BCUT2D eigenvalue weighted by atomic mass is 32.1. The van der Waals surface area contributed by atoms with Crippen molar-refractivity contribution < 1.29 is 9.66 Å². The molecule has 3 aromatic heterocycles. The number of rotatable bonds is 6. The molecule has 0 spiro atoms. The van der Waals surface area contributed by atoms with Gasteiger partial charge in [0.25, 0.3) is 11.2 Å². The van der Waals surface area contributed by atoms with E-state index in [0.717, 1.165) is 17.0 Å². The molecule has 0 atom stereocenters. The molecular formula is C27H18N6O4S. The van der Waals surface area contributed by atoms with Crippen LogP contribution in [-0.4, -0.2) is 36.4 Å². The summed E-state index contributed by atoms with van der Waals surface area (Å²) in [6.07, 6.45) is 3.57. The molecule has 186 valence electrons. The molecule has 0 radical (unpaired) electrons. The average molecular weight is 523 g/mol. The van der Waals surface area contributed by atoms with E-state index in [9.17, 15) is 14.9 Å². The molecule has 0 saturated carbocycles. The van der Waals surface area contributed by atoms with E-state index >= 15 is 0 Å². The van der Waals surface area contributed by atoms with Gasteiger partial charge in [0, 0.05) is 35.0 Å². The number of methoxy groups -OCH3 is 1. The molecule has 3 heterocycles. The Morgan fingerprint density at radius 2 is 1.66 bits per heavy atom. The molecular weight excluding hydrogens is 504 g/mol. The quantitative estimate of drug-likeness (QED) is 0.238. The Morgan fingerprint density at radius 3 is 2.32 bits per heavy atom. The number of para-hydroxylation sites is 1. The Bertz CT molecular complexity index is 1890. The topological polar surface area (TPSA) is 117 Å². The Morgan fingerprint density at radius 1 is 0.947 bits per heavy atom. The monoisotopic (exact) mass is 522 g/mol. The second kappa shape index (κ2) is 9.37. The van der Waals surface area contributed by atoms with Crippen LogP contribution in [-0.2, 0) is 0 Å². The number of nitro benzene ring substituents is 1. The first kappa shape index (κ1) is 23.3. The lowest BCUT2D eigenvalue weighted by atomic mass is 10.1. The number of nitro groups is 1. The molecule has 0 bridgehead atoms. The Balaban J connectivity index is 1.45. The fourth-order valence-corrected chi connectivity index (χ4v) is 4.91. The van der Waals surface area contributed by atoms with Crippen molar-refractivity contribution in [3.8, 4) is 34.1 Å². The zero-order valence-corrected chi connectivity index (χ0v) is 20.7. The van der Waals surface area contributed by atoms with E-state index in [1.807, 2.05) is 60.8 Å². The van der Waals surface area contributed by atoms with Crippen molar-refractivity contribution in [3.05, 3.63) is 116 Å². The van der Waals surface area contributed by atoms with Gasteiger partial charge in [-0.1, -0.05) is 29.5 Å². The summed E-state index contributed by atoms with van der Waals surface area (Å²) in [5.74, 6) is 1.17. The van der Waals surface area contributed by atoms with Gasteiger partial charge in [-0.15, -0.1) is 5.10 Å². The number of fused-ring (bicyclic) bond motifs is 1. The summed E-state index contributed by atoms with van der Waals surface area (Å²) in [5.41, 5.74) is 3.26. The van der Waals surface area contributed by atoms with Gasteiger partial charge in [-0.3, -0.25) is 14.9 Å². The van der Waals surface area contributed by atoms with Gasteiger partial charge in [0.2, 0.25) is 4.96 Å². The van der Waals surface area contributed by atoms with Crippen molar-refractivity contribution in [2.75, 3.05) is 7.11 Å². The highest BCUT2D eigenvalue weighted by Gasteiger charge is 2.16. The van der Waals surface area contributed by atoms with Crippen molar-refractivity contribution in [3.63, 3.8) is 0 Å². The van der Waals surface area contributed by atoms with Crippen molar-refractivity contribution in [2.24, 2.45) is 0 Å². The fraction of sp³-hybridized carbons (Fsp3) is 0.0370. The van der Waals surface area contributed by atoms with Crippen LogP contribution in [0.4, 0.5) is 5.69 Å². The van der Waals surface area contributed by atoms with Crippen LogP contribution in [0.3, 0.4) is 0 Å². The lowest BCUT2D eigenvalue weighted by Gasteiger charge is -2.00. The van der Waals surface area contributed by atoms with Gasteiger partial charge in [-0.25, -0.2) is 4.68 Å². The third-order valence-corrected chi connectivity index (χ3v) is 6.89. The van der Waals surface area contributed by atoms with Gasteiger partial charge >= 0.3 is 0 Å². The number of benzene rings is 3. The molecule has 11 heteroatoms. The van der Waals surface area contributed by atoms with Crippen LogP contribution in [0.25, 0.3) is 39.4 Å². The molecule has 0 fully saturated rings. The summed E-state index contributed by atoms with van der Waals surface area (Å²) in [5, 5.41) is 20.3. The number of nitrogens with zero attached hydrogens (tertiary/aromatic N) is 6. The number of ether oxygens (including phenoxy) is 1. The van der Waals surface area contributed by atoms with E-state index in [4.69, 9.17) is 9.84 Å². The summed E-state index contributed by atoms with van der Waals surface area (Å²) in [6.45, 7) is 0. The Labute approximate surface area is 218 Å². The Hall–Kier alpha value is -5.16. The number of aromatic nitrogens is 5. The summed E-state index contributed by atoms with van der Waals surface area (Å²) < 4.78 is 8.64. The second-order valence-corrected chi connectivity index (χ2v) is 9.30. The van der Waals surface area contributed by atoms with Crippen LogP contribution in [0, 0.1) is 10.1 Å². The minimum Gasteiger partial charge on any atom is -0.497 e. The summed E-state index contributed by atoms with van der Waals surface area (Å²) >= 11 is 1.23.